The van der Waals surface area contributed by atoms with Gasteiger partial charge in [0.1, 0.15) is 5.82 Å². The van der Waals surface area contributed by atoms with E-state index < -0.39 is 15.3 Å². The summed E-state index contributed by atoms with van der Waals surface area (Å²) in [7, 11) is -3.53. The molecule has 2 fully saturated rings. The summed E-state index contributed by atoms with van der Waals surface area (Å²) in [6.45, 7) is 2.65. The van der Waals surface area contributed by atoms with Crippen LogP contribution in [0.15, 0.2) is 18.5 Å². The van der Waals surface area contributed by atoms with Gasteiger partial charge in [-0.05, 0) is 43.6 Å². The van der Waals surface area contributed by atoms with E-state index in [-0.39, 0.29) is 12.0 Å². The zero-order valence-corrected chi connectivity index (χ0v) is 17.2. The minimum absolute atomic E-state index is 0.0701. The van der Waals surface area contributed by atoms with Crippen molar-refractivity contribution in [3.05, 3.63) is 24.3 Å². The van der Waals surface area contributed by atoms with Crippen LogP contribution in [0.4, 0.5) is 0 Å². The molecule has 9 nitrogen and oxygen atoms in total. The lowest BCUT2D eigenvalue weighted by Crippen LogP contribution is -2.40. The first-order valence-corrected chi connectivity index (χ1v) is 11.9. The first-order valence-electron chi connectivity index (χ1n) is 10.3. The summed E-state index contributed by atoms with van der Waals surface area (Å²) >= 11 is 0. The van der Waals surface area contributed by atoms with Gasteiger partial charge in [-0.3, -0.25) is 4.40 Å². The van der Waals surface area contributed by atoms with Crippen molar-refractivity contribution < 1.29 is 13.2 Å². The van der Waals surface area contributed by atoms with Gasteiger partial charge >= 0.3 is 0 Å². The molecule has 2 unspecified atom stereocenters. The number of nitrogens with one attached hydrogen (secondary N) is 1. The molecule has 4 heterocycles. The normalized spacial score (nSPS) is 31.0. The molecule has 1 aliphatic heterocycles. The van der Waals surface area contributed by atoms with Gasteiger partial charge in [0.15, 0.2) is 11.3 Å². The lowest BCUT2D eigenvalue weighted by molar-refractivity contribution is -0.0188. The Morgan fingerprint density at radius 2 is 2.17 bits per heavy atom. The number of nitrogens with zero attached hydrogens (tertiary/aromatic N) is 4. The lowest BCUT2D eigenvalue weighted by Gasteiger charge is -2.32. The van der Waals surface area contributed by atoms with Crippen LogP contribution in [-0.4, -0.2) is 50.9 Å². The third-order valence-electron chi connectivity index (χ3n) is 6.81. The van der Waals surface area contributed by atoms with Gasteiger partial charge in [-0.15, -0.1) is 10.2 Å². The second-order valence-electron chi connectivity index (χ2n) is 8.37. The average Bonchev–Trinajstić information content (AvgIpc) is 3.43. The van der Waals surface area contributed by atoms with Gasteiger partial charge in [0, 0.05) is 18.7 Å². The van der Waals surface area contributed by atoms with Crippen LogP contribution in [0.25, 0.3) is 16.8 Å². The standard InChI is InChI=1S/C19H26N6O3S/c1-2-11-7-12(16-9-13(4-6-28-16)29(20,26)27)8-14(11)19-24-23-17-10-22-18-15(25(17)19)3-5-21-18/h3,5,10-14,16,21H,2,4,6-9H2,1H3,(H2,20,26,27)/t11-,12+,13?,14+,16?/m1/s1. The molecule has 0 amide bonds. The van der Waals surface area contributed by atoms with E-state index in [9.17, 15) is 8.42 Å². The molecule has 5 rings (SSSR count). The van der Waals surface area contributed by atoms with E-state index in [1.807, 2.05) is 12.3 Å². The van der Waals surface area contributed by atoms with Crippen molar-refractivity contribution in [1.29, 1.82) is 0 Å². The van der Waals surface area contributed by atoms with E-state index in [1.165, 1.54) is 0 Å². The maximum atomic E-state index is 11.9. The van der Waals surface area contributed by atoms with Crippen molar-refractivity contribution in [2.75, 3.05) is 6.61 Å². The Morgan fingerprint density at radius 3 is 2.97 bits per heavy atom. The largest absolute Gasteiger partial charge is 0.378 e. The fourth-order valence-corrected chi connectivity index (χ4v) is 6.18. The highest BCUT2D eigenvalue weighted by molar-refractivity contribution is 7.89. The summed E-state index contributed by atoms with van der Waals surface area (Å²) in [6.07, 6.45) is 7.45. The molecular formula is C19H26N6O3S. The topological polar surface area (TPSA) is 128 Å². The van der Waals surface area contributed by atoms with Crippen molar-refractivity contribution >= 4 is 26.8 Å². The number of primary sulfonamides is 1. The number of rotatable bonds is 4. The Bertz CT molecular complexity index is 1140. The number of hydrogen-bond donors (Lipinski definition) is 2. The maximum Gasteiger partial charge on any atom is 0.212 e. The van der Waals surface area contributed by atoms with E-state index in [0.717, 1.165) is 41.9 Å². The SMILES string of the molecule is CC[C@@H]1C[C@H](C2CC(S(N)(=O)=O)CCO2)C[C@@H]1c1nnc2cnc3[nH]ccc3n12. The van der Waals surface area contributed by atoms with Crippen LogP contribution in [0, 0.1) is 11.8 Å². The third-order valence-corrected chi connectivity index (χ3v) is 8.17. The second kappa shape index (κ2) is 7.03. The van der Waals surface area contributed by atoms with Crippen LogP contribution < -0.4 is 5.14 Å². The highest BCUT2D eigenvalue weighted by atomic mass is 32.2. The van der Waals surface area contributed by atoms with Gasteiger partial charge in [-0.1, -0.05) is 13.3 Å². The molecule has 5 atom stereocenters. The number of H-pyrrole nitrogens is 1. The van der Waals surface area contributed by atoms with Crippen LogP contribution in [-0.2, 0) is 14.8 Å². The van der Waals surface area contributed by atoms with Crippen LogP contribution in [0.2, 0.25) is 0 Å². The van der Waals surface area contributed by atoms with E-state index in [0.29, 0.717) is 31.3 Å². The molecule has 1 aliphatic carbocycles. The molecule has 156 valence electrons. The minimum Gasteiger partial charge on any atom is -0.378 e. The van der Waals surface area contributed by atoms with Gasteiger partial charge < -0.3 is 9.72 Å². The van der Waals surface area contributed by atoms with Crippen molar-refractivity contribution in [3.8, 4) is 0 Å². The van der Waals surface area contributed by atoms with E-state index in [1.54, 1.807) is 6.20 Å². The molecule has 1 saturated heterocycles. The number of aromatic nitrogens is 5. The quantitative estimate of drug-likeness (QED) is 0.666. The first kappa shape index (κ1) is 19.0. The Kier molecular flexibility index (Phi) is 4.60. The molecule has 2 aliphatic rings. The number of fused-ring (bicyclic) bond motifs is 3. The maximum absolute atomic E-state index is 11.9. The van der Waals surface area contributed by atoms with Crippen molar-refractivity contribution in [3.63, 3.8) is 0 Å². The fourth-order valence-electron chi connectivity index (χ4n) is 5.30. The summed E-state index contributed by atoms with van der Waals surface area (Å²) in [5.74, 6) is 1.96. The summed E-state index contributed by atoms with van der Waals surface area (Å²) in [6, 6.07) is 2.00. The predicted molar refractivity (Wildman–Crippen MR) is 108 cm³/mol. The van der Waals surface area contributed by atoms with Crippen LogP contribution in [0.5, 0.6) is 0 Å². The smallest absolute Gasteiger partial charge is 0.212 e. The molecule has 0 aromatic carbocycles. The second-order valence-corrected chi connectivity index (χ2v) is 10.2. The van der Waals surface area contributed by atoms with Gasteiger partial charge in [0.25, 0.3) is 0 Å². The monoisotopic (exact) mass is 418 g/mol. The number of sulfonamides is 1. The lowest BCUT2D eigenvalue weighted by atomic mass is 9.92. The molecule has 29 heavy (non-hydrogen) atoms. The summed E-state index contributed by atoms with van der Waals surface area (Å²) in [5.41, 5.74) is 2.53. The Morgan fingerprint density at radius 1 is 1.31 bits per heavy atom. The van der Waals surface area contributed by atoms with Crippen LogP contribution in [0.1, 0.15) is 50.8 Å². The van der Waals surface area contributed by atoms with E-state index in [4.69, 9.17) is 9.88 Å². The molecule has 1 saturated carbocycles. The Labute approximate surface area is 169 Å². The van der Waals surface area contributed by atoms with Crippen molar-refractivity contribution in [2.45, 2.75) is 56.3 Å². The van der Waals surface area contributed by atoms with Gasteiger partial charge in [0.05, 0.1) is 23.1 Å². The summed E-state index contributed by atoms with van der Waals surface area (Å²) in [4.78, 5) is 7.55. The zero-order valence-electron chi connectivity index (χ0n) is 16.4. The van der Waals surface area contributed by atoms with Gasteiger partial charge in [0.2, 0.25) is 10.0 Å². The molecule has 10 heteroatoms. The molecule has 3 aromatic heterocycles. The Balaban J connectivity index is 1.46. The molecular weight excluding hydrogens is 392 g/mol. The van der Waals surface area contributed by atoms with Crippen molar-refractivity contribution in [1.82, 2.24) is 24.6 Å². The molecule has 0 spiro atoms. The van der Waals surface area contributed by atoms with Crippen molar-refractivity contribution in [2.24, 2.45) is 17.0 Å². The number of nitrogens with two attached hydrogens (primary N) is 1. The Hall–Kier alpha value is -2.04. The molecule has 3 aromatic rings. The first-order chi connectivity index (χ1) is 14.0. The molecule has 0 bridgehead atoms. The third kappa shape index (κ3) is 3.23. The fraction of sp³-hybridized carbons (Fsp3) is 0.632. The minimum atomic E-state index is -3.53. The predicted octanol–water partition coefficient (Wildman–Crippen LogP) is 1.96. The van der Waals surface area contributed by atoms with E-state index >= 15 is 0 Å². The number of hydrogen-bond acceptors (Lipinski definition) is 6. The van der Waals surface area contributed by atoms with Crippen LogP contribution >= 0.6 is 0 Å². The molecule has 0 radical (unpaired) electrons. The highest BCUT2D eigenvalue weighted by Gasteiger charge is 2.43. The number of ether oxygens (including phenoxy) is 1. The number of aromatic amines is 1. The van der Waals surface area contributed by atoms with Gasteiger partial charge in [-0.25, -0.2) is 18.5 Å². The van der Waals surface area contributed by atoms with Gasteiger partial charge in [-0.2, -0.15) is 0 Å². The average molecular weight is 419 g/mol. The zero-order chi connectivity index (χ0) is 20.2. The van der Waals surface area contributed by atoms with E-state index in [2.05, 4.69) is 31.5 Å². The van der Waals surface area contributed by atoms with Crippen LogP contribution in [0.3, 0.4) is 0 Å². The summed E-state index contributed by atoms with van der Waals surface area (Å²) < 4.78 is 31.8. The molecule has 3 N–H and O–H groups in total. The highest BCUT2D eigenvalue weighted by Crippen LogP contribution is 2.47. The summed E-state index contributed by atoms with van der Waals surface area (Å²) in [5, 5.41) is 13.8.